The van der Waals surface area contributed by atoms with E-state index in [2.05, 4.69) is 56.3 Å². The van der Waals surface area contributed by atoms with Gasteiger partial charge in [0.1, 0.15) is 5.75 Å². The van der Waals surface area contributed by atoms with Crippen molar-refractivity contribution in [2.24, 2.45) is 5.73 Å². The minimum absolute atomic E-state index is 0.279. The Morgan fingerprint density at radius 3 is 2.33 bits per heavy atom. The van der Waals surface area contributed by atoms with E-state index < -0.39 is 0 Å². The Morgan fingerprint density at radius 2 is 1.76 bits per heavy atom. The van der Waals surface area contributed by atoms with Crippen LogP contribution in [-0.4, -0.2) is 13.7 Å². The molecule has 0 spiro atoms. The van der Waals surface area contributed by atoms with Crippen LogP contribution in [0.1, 0.15) is 42.4 Å². The molecule has 0 radical (unpaired) electrons. The molecule has 0 heterocycles. The second kappa shape index (κ2) is 7.28. The van der Waals surface area contributed by atoms with Gasteiger partial charge in [-0.3, -0.25) is 0 Å². The molecule has 0 saturated heterocycles. The minimum atomic E-state index is 0.279. The minimum Gasteiger partial charge on any atom is -0.496 e. The Bertz CT molecular complexity index is 563. The number of benzene rings is 2. The number of ether oxygens (including phenoxy) is 1. The molecule has 2 nitrogen and oxygen atoms in total. The molecule has 2 aromatic rings. The molecule has 0 saturated carbocycles. The first-order valence-corrected chi connectivity index (χ1v) is 7.57. The van der Waals surface area contributed by atoms with Gasteiger partial charge in [0.25, 0.3) is 0 Å². The smallest absolute Gasteiger partial charge is 0.122 e. The summed E-state index contributed by atoms with van der Waals surface area (Å²) in [5, 5.41) is 0. The van der Waals surface area contributed by atoms with E-state index >= 15 is 0 Å². The number of hydrogen-bond donors (Lipinski definition) is 1. The molecule has 2 N–H and O–H groups in total. The van der Waals surface area contributed by atoms with Gasteiger partial charge in [0, 0.05) is 5.92 Å². The predicted octanol–water partition coefficient (Wildman–Crippen LogP) is 4.10. The summed E-state index contributed by atoms with van der Waals surface area (Å²) >= 11 is 0. The lowest BCUT2D eigenvalue weighted by molar-refractivity contribution is 0.405. The van der Waals surface area contributed by atoms with Crippen LogP contribution in [0.2, 0.25) is 0 Å². The Morgan fingerprint density at radius 1 is 1.05 bits per heavy atom. The van der Waals surface area contributed by atoms with Crippen molar-refractivity contribution in [3.63, 3.8) is 0 Å². The van der Waals surface area contributed by atoms with Gasteiger partial charge in [-0.25, -0.2) is 0 Å². The lowest BCUT2D eigenvalue weighted by Crippen LogP contribution is -2.16. The molecule has 0 fully saturated rings. The van der Waals surface area contributed by atoms with Crippen molar-refractivity contribution in [2.45, 2.75) is 32.1 Å². The molecule has 112 valence electrons. The third-order valence-electron chi connectivity index (χ3n) is 3.97. The summed E-state index contributed by atoms with van der Waals surface area (Å²) in [4.78, 5) is 0. The first kappa shape index (κ1) is 15.6. The molecule has 0 aliphatic heterocycles. The van der Waals surface area contributed by atoms with Crippen LogP contribution in [-0.2, 0) is 6.42 Å². The molecule has 0 aliphatic rings. The first-order chi connectivity index (χ1) is 10.2. The van der Waals surface area contributed by atoms with Gasteiger partial charge in [0.05, 0.1) is 7.11 Å². The van der Waals surface area contributed by atoms with Crippen LogP contribution in [0.5, 0.6) is 5.75 Å². The van der Waals surface area contributed by atoms with E-state index in [0.717, 1.165) is 12.2 Å². The number of hydrogen-bond acceptors (Lipinski definition) is 2. The third-order valence-corrected chi connectivity index (χ3v) is 3.97. The van der Waals surface area contributed by atoms with Crippen LogP contribution in [0.3, 0.4) is 0 Å². The highest BCUT2D eigenvalue weighted by molar-refractivity contribution is 5.41. The van der Waals surface area contributed by atoms with Crippen molar-refractivity contribution in [1.29, 1.82) is 0 Å². The molecule has 2 rings (SSSR count). The molecule has 0 aromatic heterocycles. The Kier molecular flexibility index (Phi) is 5.40. The number of nitrogens with two attached hydrogens (primary N) is 1. The van der Waals surface area contributed by atoms with Gasteiger partial charge in [0.2, 0.25) is 0 Å². The van der Waals surface area contributed by atoms with E-state index in [0.29, 0.717) is 12.5 Å². The van der Waals surface area contributed by atoms with E-state index in [-0.39, 0.29) is 5.92 Å². The molecule has 2 heteroatoms. The van der Waals surface area contributed by atoms with Crippen molar-refractivity contribution in [1.82, 2.24) is 0 Å². The zero-order chi connectivity index (χ0) is 15.2. The standard InChI is InChI=1S/C19H25NO/c1-14(2)16-9-10-19(21-3)18(12-16)17(13-20)11-15-7-5-4-6-8-15/h4-10,12,14,17H,11,13,20H2,1-3H3. The van der Waals surface area contributed by atoms with Crippen molar-refractivity contribution < 1.29 is 4.74 Å². The quantitative estimate of drug-likeness (QED) is 0.866. The number of rotatable bonds is 6. The zero-order valence-corrected chi connectivity index (χ0v) is 13.2. The van der Waals surface area contributed by atoms with Gasteiger partial charge in [-0.1, -0.05) is 56.3 Å². The van der Waals surface area contributed by atoms with Gasteiger partial charge >= 0.3 is 0 Å². The second-order valence-electron chi connectivity index (χ2n) is 5.78. The van der Waals surface area contributed by atoms with Crippen LogP contribution in [0.15, 0.2) is 48.5 Å². The summed E-state index contributed by atoms with van der Waals surface area (Å²) in [5.41, 5.74) is 9.91. The summed E-state index contributed by atoms with van der Waals surface area (Å²) in [6, 6.07) is 17.0. The summed E-state index contributed by atoms with van der Waals surface area (Å²) in [5.74, 6) is 1.72. The van der Waals surface area contributed by atoms with Crippen LogP contribution in [0.25, 0.3) is 0 Å². The first-order valence-electron chi connectivity index (χ1n) is 7.57. The van der Waals surface area contributed by atoms with E-state index in [9.17, 15) is 0 Å². The van der Waals surface area contributed by atoms with E-state index in [1.807, 2.05) is 6.07 Å². The largest absolute Gasteiger partial charge is 0.496 e. The van der Waals surface area contributed by atoms with Gasteiger partial charge in [0.15, 0.2) is 0 Å². The van der Waals surface area contributed by atoms with Gasteiger partial charge in [-0.05, 0) is 41.6 Å². The zero-order valence-electron chi connectivity index (χ0n) is 13.2. The average molecular weight is 283 g/mol. The molecular weight excluding hydrogens is 258 g/mol. The summed E-state index contributed by atoms with van der Waals surface area (Å²) in [6.07, 6.45) is 0.940. The molecule has 21 heavy (non-hydrogen) atoms. The van der Waals surface area contributed by atoms with Gasteiger partial charge in [-0.15, -0.1) is 0 Å². The number of methoxy groups -OCH3 is 1. The van der Waals surface area contributed by atoms with Gasteiger partial charge < -0.3 is 10.5 Å². The maximum absolute atomic E-state index is 6.05. The van der Waals surface area contributed by atoms with Crippen LogP contribution in [0, 0.1) is 0 Å². The Balaban J connectivity index is 2.33. The fourth-order valence-electron chi connectivity index (χ4n) is 2.65. The summed E-state index contributed by atoms with van der Waals surface area (Å²) < 4.78 is 5.55. The van der Waals surface area contributed by atoms with Crippen molar-refractivity contribution in [2.75, 3.05) is 13.7 Å². The topological polar surface area (TPSA) is 35.2 Å². The van der Waals surface area contributed by atoms with Crippen molar-refractivity contribution >= 4 is 0 Å². The van der Waals surface area contributed by atoms with Crippen molar-refractivity contribution in [3.05, 3.63) is 65.2 Å². The van der Waals surface area contributed by atoms with Gasteiger partial charge in [-0.2, -0.15) is 0 Å². The van der Waals surface area contributed by atoms with Crippen LogP contribution >= 0.6 is 0 Å². The molecule has 0 bridgehead atoms. The maximum Gasteiger partial charge on any atom is 0.122 e. The highest BCUT2D eigenvalue weighted by Gasteiger charge is 2.17. The molecule has 1 unspecified atom stereocenters. The maximum atomic E-state index is 6.05. The molecule has 1 atom stereocenters. The highest BCUT2D eigenvalue weighted by atomic mass is 16.5. The second-order valence-corrected chi connectivity index (χ2v) is 5.78. The fraction of sp³-hybridized carbons (Fsp3) is 0.368. The van der Waals surface area contributed by atoms with Crippen LogP contribution in [0.4, 0.5) is 0 Å². The fourth-order valence-corrected chi connectivity index (χ4v) is 2.65. The molecular formula is C19H25NO. The Labute approximate surface area is 127 Å². The monoisotopic (exact) mass is 283 g/mol. The average Bonchev–Trinajstić information content (AvgIpc) is 2.53. The SMILES string of the molecule is COc1ccc(C(C)C)cc1C(CN)Cc1ccccc1. The molecule has 0 amide bonds. The molecule has 2 aromatic carbocycles. The van der Waals surface area contributed by atoms with Crippen LogP contribution < -0.4 is 10.5 Å². The third kappa shape index (κ3) is 3.85. The lowest BCUT2D eigenvalue weighted by Gasteiger charge is -2.20. The Hall–Kier alpha value is -1.80. The predicted molar refractivity (Wildman–Crippen MR) is 89.0 cm³/mol. The normalized spacial score (nSPS) is 12.4. The highest BCUT2D eigenvalue weighted by Crippen LogP contribution is 2.31. The van der Waals surface area contributed by atoms with Crippen molar-refractivity contribution in [3.8, 4) is 5.75 Å². The van der Waals surface area contributed by atoms with E-state index in [4.69, 9.17) is 10.5 Å². The molecule has 0 aliphatic carbocycles. The summed E-state index contributed by atoms with van der Waals surface area (Å²) in [7, 11) is 1.73. The lowest BCUT2D eigenvalue weighted by atomic mass is 9.88. The van der Waals surface area contributed by atoms with E-state index in [1.54, 1.807) is 7.11 Å². The summed E-state index contributed by atoms with van der Waals surface area (Å²) in [6.45, 7) is 5.03. The van der Waals surface area contributed by atoms with E-state index in [1.165, 1.54) is 16.7 Å².